The van der Waals surface area contributed by atoms with Gasteiger partial charge in [0.1, 0.15) is 0 Å². The Bertz CT molecular complexity index is 1090. The fourth-order valence-corrected chi connectivity index (χ4v) is 2.94. The molecule has 1 N–H and O–H groups in total. The molecule has 32 heavy (non-hydrogen) atoms. The van der Waals surface area contributed by atoms with Gasteiger partial charge in [-0.15, -0.1) is 0 Å². The number of phenols is 1. The highest BCUT2D eigenvalue weighted by molar-refractivity contribution is 6.34. The number of carbonyl (C=O) groups excluding carboxylic acids is 2. The number of hydrogen-bond acceptors (Lipinski definition) is 6. The Morgan fingerprint density at radius 3 is 2.41 bits per heavy atom. The number of carbonyl (C=O) groups is 2. The Labute approximate surface area is 181 Å². The van der Waals surface area contributed by atoms with E-state index in [2.05, 4.69) is 5.10 Å². The predicted molar refractivity (Wildman–Crippen MR) is 111 cm³/mol. The van der Waals surface area contributed by atoms with Gasteiger partial charge in [0.2, 0.25) is 0 Å². The third kappa shape index (κ3) is 4.74. The summed E-state index contributed by atoms with van der Waals surface area (Å²) in [7, 11) is 0. The van der Waals surface area contributed by atoms with E-state index in [0.29, 0.717) is 5.01 Å². The maximum atomic E-state index is 13.6. The Kier molecular flexibility index (Phi) is 6.52. The molecule has 1 aliphatic heterocycles. The highest BCUT2D eigenvalue weighted by Gasteiger charge is 2.46. The van der Waals surface area contributed by atoms with Gasteiger partial charge in [0, 0.05) is 0 Å². The van der Waals surface area contributed by atoms with Crippen LogP contribution in [0.2, 0.25) is 0 Å². The van der Waals surface area contributed by atoms with Crippen molar-refractivity contribution in [2.24, 2.45) is 5.10 Å². The molecule has 10 heteroatoms. The van der Waals surface area contributed by atoms with E-state index in [1.807, 2.05) is 0 Å². The van der Waals surface area contributed by atoms with E-state index in [4.69, 9.17) is 9.47 Å². The van der Waals surface area contributed by atoms with Crippen LogP contribution in [-0.2, 0) is 9.53 Å². The molecule has 1 amide bonds. The van der Waals surface area contributed by atoms with Crippen LogP contribution in [0.25, 0.3) is 6.08 Å². The van der Waals surface area contributed by atoms with Crippen LogP contribution < -0.4 is 9.75 Å². The summed E-state index contributed by atoms with van der Waals surface area (Å²) >= 11 is 0. The van der Waals surface area contributed by atoms with Crippen LogP contribution in [-0.4, -0.2) is 42.1 Å². The maximum absolute atomic E-state index is 13.6. The smallest absolute Gasteiger partial charge is 0.435 e. The predicted octanol–water partition coefficient (Wildman–Crippen LogP) is 4.32. The lowest BCUT2D eigenvalue weighted by molar-refractivity contribution is -0.114. The zero-order valence-corrected chi connectivity index (χ0v) is 17.1. The molecule has 168 valence electrons. The van der Waals surface area contributed by atoms with Crippen molar-refractivity contribution in [3.8, 4) is 11.5 Å². The monoisotopic (exact) mass is 448 g/mol. The van der Waals surface area contributed by atoms with Crippen molar-refractivity contribution < 1.29 is 37.3 Å². The molecule has 0 aromatic heterocycles. The van der Waals surface area contributed by atoms with Crippen LogP contribution in [0.3, 0.4) is 0 Å². The van der Waals surface area contributed by atoms with Gasteiger partial charge in [-0.1, -0.05) is 6.07 Å². The summed E-state index contributed by atoms with van der Waals surface area (Å²) < 4.78 is 51.0. The Morgan fingerprint density at radius 2 is 1.81 bits per heavy atom. The van der Waals surface area contributed by atoms with E-state index in [-0.39, 0.29) is 41.5 Å². The molecule has 0 spiro atoms. The van der Waals surface area contributed by atoms with Crippen LogP contribution in [0.5, 0.6) is 11.5 Å². The van der Waals surface area contributed by atoms with Crippen LogP contribution in [0, 0.1) is 0 Å². The number of aromatic hydroxyl groups is 1. The number of rotatable bonds is 6. The number of halogens is 3. The molecule has 0 aliphatic carbocycles. The number of nitrogens with zero attached hydrogens (tertiary/aromatic N) is 2. The van der Waals surface area contributed by atoms with E-state index < -0.39 is 29.3 Å². The molecule has 7 nitrogen and oxygen atoms in total. The number of hydrazone groups is 1. The number of esters is 1. The van der Waals surface area contributed by atoms with Crippen LogP contribution in [0.1, 0.15) is 29.8 Å². The van der Waals surface area contributed by atoms with Gasteiger partial charge >= 0.3 is 12.1 Å². The molecule has 0 saturated heterocycles. The minimum absolute atomic E-state index is 0.0499. The van der Waals surface area contributed by atoms with Gasteiger partial charge in [0.15, 0.2) is 17.2 Å². The topological polar surface area (TPSA) is 88.4 Å². The third-order valence-electron chi connectivity index (χ3n) is 4.36. The molecule has 0 unspecified atom stereocenters. The van der Waals surface area contributed by atoms with Gasteiger partial charge < -0.3 is 14.6 Å². The highest BCUT2D eigenvalue weighted by Crippen LogP contribution is 2.34. The summed E-state index contributed by atoms with van der Waals surface area (Å²) in [5.74, 6) is -1.69. The Balaban J connectivity index is 1.98. The minimum atomic E-state index is -4.89. The minimum Gasteiger partial charge on any atom is -0.504 e. The van der Waals surface area contributed by atoms with Crippen molar-refractivity contribution in [1.82, 2.24) is 0 Å². The zero-order valence-electron chi connectivity index (χ0n) is 17.1. The molecule has 0 bridgehead atoms. The van der Waals surface area contributed by atoms with Crippen molar-refractivity contribution >= 4 is 29.4 Å². The van der Waals surface area contributed by atoms with E-state index >= 15 is 0 Å². The highest BCUT2D eigenvalue weighted by atomic mass is 19.4. The molecule has 0 radical (unpaired) electrons. The lowest BCUT2D eigenvalue weighted by Gasteiger charge is -2.12. The second kappa shape index (κ2) is 9.13. The van der Waals surface area contributed by atoms with Crippen LogP contribution >= 0.6 is 0 Å². The summed E-state index contributed by atoms with van der Waals surface area (Å²) in [5, 5.41) is 13.9. The first-order valence-electron chi connectivity index (χ1n) is 9.61. The molecule has 0 fully saturated rings. The largest absolute Gasteiger partial charge is 0.504 e. The zero-order chi connectivity index (χ0) is 23.5. The first-order valence-corrected chi connectivity index (χ1v) is 9.61. The van der Waals surface area contributed by atoms with Gasteiger partial charge in [0.25, 0.3) is 5.91 Å². The van der Waals surface area contributed by atoms with E-state index in [1.165, 1.54) is 42.5 Å². The lowest BCUT2D eigenvalue weighted by Crippen LogP contribution is -2.25. The van der Waals surface area contributed by atoms with Gasteiger partial charge in [-0.3, -0.25) is 4.79 Å². The number of amides is 1. The SMILES string of the molecule is CCOC(=O)c1ccc(N2N=C(C(F)(F)F)C(=Cc3ccc(O)c(OCC)c3)C2=O)cc1. The first kappa shape index (κ1) is 22.9. The maximum Gasteiger partial charge on any atom is 0.435 e. The van der Waals surface area contributed by atoms with Crippen molar-refractivity contribution in [2.45, 2.75) is 20.0 Å². The van der Waals surface area contributed by atoms with Crippen molar-refractivity contribution in [3.63, 3.8) is 0 Å². The van der Waals surface area contributed by atoms with E-state index in [0.717, 1.165) is 6.08 Å². The summed E-state index contributed by atoms with van der Waals surface area (Å²) in [6.07, 6.45) is -3.86. The van der Waals surface area contributed by atoms with Crippen molar-refractivity contribution in [1.29, 1.82) is 0 Å². The Morgan fingerprint density at radius 1 is 1.12 bits per heavy atom. The van der Waals surface area contributed by atoms with Crippen molar-refractivity contribution in [3.05, 3.63) is 59.2 Å². The summed E-state index contributed by atoms with van der Waals surface area (Å²) in [6, 6.07) is 9.20. The molecule has 3 rings (SSSR count). The molecular formula is C22H19F3N2O5. The number of alkyl halides is 3. The standard InChI is InChI=1S/C22H19F3N2O5/c1-3-31-18-12-13(5-10-17(18)28)11-16-19(22(23,24)25)26-27(20(16)29)15-8-6-14(7-9-15)21(30)32-4-2/h5-12,28H,3-4H2,1-2H3. The van der Waals surface area contributed by atoms with Crippen LogP contribution in [0.4, 0.5) is 18.9 Å². The Hall–Kier alpha value is -3.82. The number of ether oxygens (including phenoxy) is 2. The summed E-state index contributed by atoms with van der Waals surface area (Å²) in [6.45, 7) is 3.73. The van der Waals surface area contributed by atoms with E-state index in [1.54, 1.807) is 13.8 Å². The molecule has 2 aromatic carbocycles. The van der Waals surface area contributed by atoms with Gasteiger partial charge in [-0.05, 0) is 61.9 Å². The summed E-state index contributed by atoms with van der Waals surface area (Å²) in [4.78, 5) is 24.6. The lowest BCUT2D eigenvalue weighted by atomic mass is 10.1. The molecule has 0 saturated carbocycles. The normalized spacial score (nSPS) is 15.2. The molecule has 1 aliphatic rings. The summed E-state index contributed by atoms with van der Waals surface area (Å²) in [5.41, 5.74) is -1.58. The van der Waals surface area contributed by atoms with Crippen molar-refractivity contribution in [2.75, 3.05) is 18.2 Å². The molecule has 2 aromatic rings. The van der Waals surface area contributed by atoms with Crippen LogP contribution in [0.15, 0.2) is 53.1 Å². The first-order chi connectivity index (χ1) is 15.2. The second-order valence-electron chi connectivity index (χ2n) is 6.55. The average Bonchev–Trinajstić information content (AvgIpc) is 3.07. The van der Waals surface area contributed by atoms with Gasteiger partial charge in [-0.25, -0.2) is 4.79 Å². The van der Waals surface area contributed by atoms with E-state index in [9.17, 15) is 27.9 Å². The number of phenolic OH excluding ortho intramolecular Hbond substituents is 1. The third-order valence-corrected chi connectivity index (χ3v) is 4.36. The average molecular weight is 448 g/mol. The number of hydrogen-bond donors (Lipinski definition) is 1. The molecule has 0 atom stereocenters. The molecule has 1 heterocycles. The molecular weight excluding hydrogens is 429 g/mol. The fourth-order valence-electron chi connectivity index (χ4n) is 2.94. The van der Waals surface area contributed by atoms with Gasteiger partial charge in [-0.2, -0.15) is 23.3 Å². The van der Waals surface area contributed by atoms with Gasteiger partial charge in [0.05, 0.1) is 30.0 Å². The fraction of sp³-hybridized carbons (Fsp3) is 0.227. The quantitative estimate of drug-likeness (QED) is 0.525. The second-order valence-corrected chi connectivity index (χ2v) is 6.55. The number of benzene rings is 2. The number of anilines is 1.